The minimum Gasteiger partial charge on any atom is -1.00 e. The molecule has 0 aromatic heterocycles. The molecule has 0 spiro atoms. The van der Waals surface area contributed by atoms with Crippen LogP contribution >= 0.6 is 0 Å². The SMILES string of the molecule is CC1=C[C](C)([Ti+2]([NH]C2CCCCCCCCCCC2)=[Si](C)C)C(C)=C1C.[Cl-].[Cl-]. The second-order valence-corrected chi connectivity index (χ2v) is 21.2. The summed E-state index contributed by atoms with van der Waals surface area (Å²) in [5.74, 6) is 0. The van der Waals surface area contributed by atoms with Gasteiger partial charge in [-0.15, -0.1) is 0 Å². The molecule has 1 nitrogen and oxygen atoms in total. The summed E-state index contributed by atoms with van der Waals surface area (Å²) in [6, 6.07) is 0.795. The summed E-state index contributed by atoms with van der Waals surface area (Å²) in [4.78, 5) is 0. The minimum absolute atomic E-state index is 0. The molecule has 1 unspecified atom stereocenters. The maximum absolute atomic E-state index is 4.39. The van der Waals surface area contributed by atoms with Crippen LogP contribution in [0.2, 0.25) is 16.8 Å². The first-order valence-electron chi connectivity index (χ1n) is 11.2. The van der Waals surface area contributed by atoms with Crippen LogP contribution in [0.5, 0.6) is 0 Å². The molecule has 0 aromatic carbocycles. The monoisotopic (exact) mass is 479 g/mol. The summed E-state index contributed by atoms with van der Waals surface area (Å²) in [7, 11) is 0. The maximum Gasteiger partial charge on any atom is -1.00 e. The first kappa shape index (κ1) is 29.0. The quantitative estimate of drug-likeness (QED) is 0.605. The van der Waals surface area contributed by atoms with Crippen molar-refractivity contribution in [1.82, 2.24) is 3.80 Å². The van der Waals surface area contributed by atoms with Gasteiger partial charge >= 0.3 is 171 Å². The molecule has 0 aromatic rings. The number of rotatable bonds is 3. The van der Waals surface area contributed by atoms with E-state index in [4.69, 9.17) is 0 Å². The summed E-state index contributed by atoms with van der Waals surface area (Å²) in [5, 5.41) is 0. The molecule has 28 heavy (non-hydrogen) atoms. The largest absolute Gasteiger partial charge is 1.00 e. The molecule has 1 saturated carbocycles. The van der Waals surface area contributed by atoms with Crippen molar-refractivity contribution < 1.29 is 41.7 Å². The summed E-state index contributed by atoms with van der Waals surface area (Å²) >= 11 is -1.38. The van der Waals surface area contributed by atoms with Crippen molar-refractivity contribution >= 4 is 6.19 Å². The van der Waals surface area contributed by atoms with Crippen molar-refractivity contribution in [3.8, 4) is 0 Å². The molecule has 162 valence electrons. The molecule has 0 radical (unpaired) electrons. The first-order valence-corrected chi connectivity index (χ1v) is 17.6. The Morgan fingerprint density at radius 3 is 1.64 bits per heavy atom. The van der Waals surface area contributed by atoms with Crippen LogP contribution in [0.4, 0.5) is 0 Å². The predicted molar refractivity (Wildman–Crippen MR) is 116 cm³/mol. The summed E-state index contributed by atoms with van der Waals surface area (Å²) in [6.45, 7) is 14.8. The maximum atomic E-state index is 4.39. The Kier molecular flexibility index (Phi) is 14.6. The van der Waals surface area contributed by atoms with Gasteiger partial charge in [0.25, 0.3) is 0 Å². The molecule has 1 atom stereocenters. The van der Waals surface area contributed by atoms with Crippen molar-refractivity contribution in [2.75, 3.05) is 0 Å². The number of allylic oxidation sites excluding steroid dienone is 4. The van der Waals surface area contributed by atoms with Crippen LogP contribution in [-0.2, 0) is 16.9 Å². The molecule has 2 aliphatic rings. The van der Waals surface area contributed by atoms with E-state index in [9.17, 15) is 0 Å². The predicted octanol–water partition coefficient (Wildman–Crippen LogP) is 1.52. The van der Waals surface area contributed by atoms with Crippen LogP contribution in [0.1, 0.15) is 98.3 Å². The third kappa shape index (κ3) is 7.89. The molecule has 5 heteroatoms. The van der Waals surface area contributed by atoms with Gasteiger partial charge in [-0.3, -0.25) is 0 Å². The zero-order valence-corrected chi connectivity index (χ0v) is 23.3. The molecule has 1 fully saturated rings. The fraction of sp³-hybridized carbons (Fsp3) is 0.826. The van der Waals surface area contributed by atoms with E-state index in [1.807, 2.05) is 0 Å². The molecule has 0 saturated heterocycles. The topological polar surface area (TPSA) is 12.0 Å². The van der Waals surface area contributed by atoms with Gasteiger partial charge in [-0.1, -0.05) is 0 Å². The zero-order valence-electron chi connectivity index (χ0n) is 19.2. The van der Waals surface area contributed by atoms with Gasteiger partial charge in [0.1, 0.15) is 0 Å². The second-order valence-electron chi connectivity index (χ2n) is 9.26. The van der Waals surface area contributed by atoms with E-state index in [0.29, 0.717) is 3.72 Å². The van der Waals surface area contributed by atoms with Crippen molar-refractivity contribution in [2.24, 2.45) is 0 Å². The first-order chi connectivity index (χ1) is 12.4. The van der Waals surface area contributed by atoms with E-state index in [2.05, 4.69) is 50.7 Å². The van der Waals surface area contributed by atoms with Crippen LogP contribution < -0.4 is 28.6 Å². The average Bonchev–Trinajstić information content (AvgIpc) is 2.77. The number of halogens is 2. The van der Waals surface area contributed by atoms with Crippen molar-refractivity contribution in [2.45, 2.75) is 121 Å². The third-order valence-electron chi connectivity index (χ3n) is 6.91. The molecule has 0 amide bonds. The molecular weight excluding hydrogens is 437 g/mol. The Morgan fingerprint density at radius 2 is 1.29 bits per heavy atom. The van der Waals surface area contributed by atoms with Gasteiger partial charge in [-0.2, -0.15) is 0 Å². The minimum atomic E-state index is -1.38. The summed E-state index contributed by atoms with van der Waals surface area (Å²) < 4.78 is 4.78. The van der Waals surface area contributed by atoms with Crippen LogP contribution in [0, 0.1) is 0 Å². The summed E-state index contributed by atoms with van der Waals surface area (Å²) in [6.07, 6.45) is 18.4. The van der Waals surface area contributed by atoms with Crippen molar-refractivity contribution in [3.05, 3.63) is 22.8 Å². The van der Waals surface area contributed by atoms with Crippen LogP contribution in [0.15, 0.2) is 22.8 Å². The fourth-order valence-electron chi connectivity index (χ4n) is 4.92. The zero-order chi connectivity index (χ0) is 19.2. The van der Waals surface area contributed by atoms with Crippen molar-refractivity contribution in [1.29, 1.82) is 0 Å². The molecule has 2 rings (SSSR count). The standard InChI is InChI=1S/C12H24N.C9H13.C2H6Si.2ClH.Ti/c13-12-10-8-6-4-2-1-3-5-7-9-11-12;1-6-5-7(2)9(4)8(6)3;1-3-2;;;/h12-13H,1-11H2;5H,1-4H3;1-2H3;2*1H;/q-1;;;;;+3/p-2. The van der Waals surface area contributed by atoms with E-state index in [1.165, 1.54) is 70.6 Å². The Balaban J connectivity index is 0.00000364. The van der Waals surface area contributed by atoms with E-state index < -0.39 is 16.9 Å². The van der Waals surface area contributed by atoms with Gasteiger partial charge in [0, 0.05) is 0 Å². The fourth-order valence-corrected chi connectivity index (χ4v) is 17.4. The number of hydrogen-bond acceptors (Lipinski definition) is 1. The third-order valence-corrected chi connectivity index (χ3v) is 18.9. The van der Waals surface area contributed by atoms with E-state index >= 15 is 0 Å². The second kappa shape index (κ2) is 14.1. The van der Waals surface area contributed by atoms with Gasteiger partial charge in [0.2, 0.25) is 0 Å². The molecule has 0 heterocycles. The van der Waals surface area contributed by atoms with Gasteiger partial charge in [-0.25, -0.2) is 0 Å². The normalized spacial score (nSPS) is 24.7. The van der Waals surface area contributed by atoms with E-state index in [1.54, 1.807) is 16.7 Å². The molecule has 0 bridgehead atoms. The molecule has 1 N–H and O–H groups in total. The number of nitrogens with one attached hydrogen (secondary N) is 1. The smallest absolute Gasteiger partial charge is 1.00 e. The van der Waals surface area contributed by atoms with Crippen LogP contribution in [0.25, 0.3) is 0 Å². The Labute approximate surface area is 194 Å². The van der Waals surface area contributed by atoms with Gasteiger partial charge in [0.15, 0.2) is 0 Å². The Morgan fingerprint density at radius 1 is 0.857 bits per heavy atom. The number of hydrogen-bond donors (Lipinski definition) is 1. The Hall–Kier alpha value is 0.951. The van der Waals surface area contributed by atoms with Crippen molar-refractivity contribution in [3.63, 3.8) is 0 Å². The molecular formula is C23H43Cl2NSiTi. The van der Waals surface area contributed by atoms with Crippen LogP contribution in [0.3, 0.4) is 0 Å². The van der Waals surface area contributed by atoms with Gasteiger partial charge in [-0.05, 0) is 0 Å². The summed E-state index contributed by atoms with van der Waals surface area (Å²) in [5.41, 5.74) is 4.79. The van der Waals surface area contributed by atoms with E-state index in [-0.39, 0.29) is 31.0 Å². The van der Waals surface area contributed by atoms with E-state index in [0.717, 1.165) is 6.04 Å². The molecule has 0 aliphatic heterocycles. The van der Waals surface area contributed by atoms with Gasteiger partial charge in [0.05, 0.1) is 0 Å². The molecule has 2 aliphatic carbocycles. The Bertz CT molecular complexity index is 569. The van der Waals surface area contributed by atoms with Crippen LogP contribution in [-0.4, -0.2) is 12.2 Å². The van der Waals surface area contributed by atoms with Gasteiger partial charge < -0.3 is 24.8 Å². The average molecular weight is 480 g/mol.